The number of likely N-dealkylation sites (tertiary alicyclic amines) is 1. The van der Waals surface area contributed by atoms with Crippen molar-refractivity contribution in [1.82, 2.24) is 25.4 Å². The van der Waals surface area contributed by atoms with E-state index in [0.29, 0.717) is 13.0 Å². The van der Waals surface area contributed by atoms with Crippen LogP contribution < -0.4 is 10.6 Å². The summed E-state index contributed by atoms with van der Waals surface area (Å²) in [6.07, 6.45) is 10.2. The van der Waals surface area contributed by atoms with Crippen molar-refractivity contribution in [1.29, 1.82) is 0 Å². The average molecular weight is 554 g/mol. The van der Waals surface area contributed by atoms with Crippen molar-refractivity contribution >= 4 is 34.6 Å². The first-order valence-corrected chi connectivity index (χ1v) is 14.4. The van der Waals surface area contributed by atoms with Gasteiger partial charge in [0.15, 0.2) is 0 Å². The van der Waals surface area contributed by atoms with Gasteiger partial charge in [-0.2, -0.15) is 0 Å². The van der Waals surface area contributed by atoms with Gasteiger partial charge in [-0.15, -0.1) is 11.3 Å². The summed E-state index contributed by atoms with van der Waals surface area (Å²) in [7, 11) is 3.78. The van der Waals surface area contributed by atoms with E-state index < -0.39 is 23.0 Å². The smallest absolute Gasteiger partial charge is 0.246 e. The van der Waals surface area contributed by atoms with E-state index in [-0.39, 0.29) is 24.3 Å². The summed E-state index contributed by atoms with van der Waals surface area (Å²) in [6.45, 7) is 16.3. The van der Waals surface area contributed by atoms with E-state index in [1.807, 2.05) is 58.8 Å². The molecule has 1 saturated heterocycles. The predicted octanol–water partition coefficient (Wildman–Crippen LogP) is 3.87. The van der Waals surface area contributed by atoms with E-state index in [4.69, 9.17) is 0 Å². The maximum Gasteiger partial charge on any atom is 0.246 e. The van der Waals surface area contributed by atoms with Crippen LogP contribution in [0.25, 0.3) is 5.57 Å². The third-order valence-electron chi connectivity index (χ3n) is 7.66. The molecule has 0 bridgehead atoms. The lowest BCUT2D eigenvalue weighted by atomic mass is 9.85. The summed E-state index contributed by atoms with van der Waals surface area (Å²) < 4.78 is 0. The van der Waals surface area contributed by atoms with Crippen molar-refractivity contribution in [3.05, 3.63) is 59.1 Å². The fraction of sp³-hybridized carbons (Fsp3) is 0.533. The largest absolute Gasteiger partial charge is 0.350 e. The molecule has 2 heterocycles. The number of nitrogens with zero attached hydrogens (tertiary/aromatic N) is 3. The van der Waals surface area contributed by atoms with Crippen molar-refractivity contribution in [3.63, 3.8) is 0 Å². The minimum atomic E-state index is -0.725. The number of carbonyl (C=O) groups excluding carboxylic acids is 3. The Morgan fingerprint density at radius 3 is 2.44 bits per heavy atom. The third kappa shape index (κ3) is 6.94. The predicted molar refractivity (Wildman–Crippen MR) is 158 cm³/mol. The van der Waals surface area contributed by atoms with Crippen LogP contribution >= 0.6 is 11.3 Å². The van der Waals surface area contributed by atoms with Gasteiger partial charge in [-0.1, -0.05) is 58.2 Å². The van der Waals surface area contributed by atoms with Crippen molar-refractivity contribution < 1.29 is 14.4 Å². The minimum Gasteiger partial charge on any atom is -0.350 e. The Labute approximate surface area is 236 Å². The maximum atomic E-state index is 13.8. The Balaban J connectivity index is 1.69. The molecule has 3 rings (SSSR count). The molecular weight excluding hydrogens is 510 g/mol. The van der Waals surface area contributed by atoms with Crippen LogP contribution in [0, 0.1) is 12.3 Å². The lowest BCUT2D eigenvalue weighted by Gasteiger charge is -2.37. The molecule has 9 heteroatoms. The summed E-state index contributed by atoms with van der Waals surface area (Å²) >= 11 is 1.55. The van der Waals surface area contributed by atoms with Crippen LogP contribution in [0.5, 0.6) is 0 Å². The first kappa shape index (κ1) is 30.5. The Kier molecular flexibility index (Phi) is 9.72. The monoisotopic (exact) mass is 553 g/mol. The molecule has 1 aliphatic heterocycles. The molecule has 1 aromatic rings. The second kappa shape index (κ2) is 12.4. The van der Waals surface area contributed by atoms with Gasteiger partial charge in [-0.3, -0.25) is 19.3 Å². The molecule has 2 aliphatic rings. The van der Waals surface area contributed by atoms with Gasteiger partial charge in [0, 0.05) is 13.1 Å². The Bertz CT molecular complexity index is 1170. The van der Waals surface area contributed by atoms with Gasteiger partial charge >= 0.3 is 0 Å². The first-order chi connectivity index (χ1) is 18.4. The zero-order valence-corrected chi connectivity index (χ0v) is 25.0. The summed E-state index contributed by atoms with van der Waals surface area (Å²) in [6, 6.07) is -1.30. The third-order valence-corrected chi connectivity index (χ3v) is 8.64. The molecule has 1 saturated carbocycles. The molecule has 2 fully saturated rings. The highest BCUT2D eigenvalue weighted by Crippen LogP contribution is 2.41. The quantitative estimate of drug-likeness (QED) is 0.406. The standard InChI is InChI=1S/C30H43N5O3S/c1-9-21(13-14-22(10-2)24-20(3)32-19-39-24)18-31-26(36)23-12-11-17-35(23)27(37)25(29(4,5)6)33-28(38)30(15-16-30)34(7)8/h9-10,13-14,19,23,25H,1-2,11-12,15-18H2,3-8H3,(H,31,36)(H,33,38)/b21-13+,22-14+. The van der Waals surface area contributed by atoms with Gasteiger partial charge in [0.2, 0.25) is 17.7 Å². The Hall–Kier alpha value is -3.04. The number of rotatable bonds is 11. The highest BCUT2D eigenvalue weighted by molar-refractivity contribution is 7.11. The van der Waals surface area contributed by atoms with Crippen LogP contribution in [0.1, 0.15) is 57.0 Å². The fourth-order valence-electron chi connectivity index (χ4n) is 4.90. The van der Waals surface area contributed by atoms with Crippen LogP contribution in [0.15, 0.2) is 48.5 Å². The topological polar surface area (TPSA) is 94.6 Å². The molecule has 1 aliphatic carbocycles. The average Bonchev–Trinajstić information content (AvgIpc) is 3.37. The normalized spacial score (nSPS) is 20.0. The minimum absolute atomic E-state index is 0.123. The number of aryl methyl sites for hydroxylation is 1. The number of carbonyl (C=O) groups is 3. The number of allylic oxidation sites excluding steroid dienone is 4. The summed E-state index contributed by atoms with van der Waals surface area (Å²) in [5, 5.41) is 6.03. The summed E-state index contributed by atoms with van der Waals surface area (Å²) in [5.41, 5.74) is 3.47. The second-order valence-electron chi connectivity index (χ2n) is 11.6. The molecule has 0 spiro atoms. The van der Waals surface area contributed by atoms with Crippen molar-refractivity contribution in [2.45, 2.75) is 71.0 Å². The molecule has 2 unspecified atom stereocenters. The van der Waals surface area contributed by atoms with Crippen LogP contribution in [0.4, 0.5) is 0 Å². The van der Waals surface area contributed by atoms with Crippen LogP contribution in [0.2, 0.25) is 0 Å². The first-order valence-electron chi connectivity index (χ1n) is 13.5. The van der Waals surface area contributed by atoms with E-state index in [0.717, 1.165) is 41.0 Å². The number of hydrogen-bond acceptors (Lipinski definition) is 6. The molecule has 8 nitrogen and oxygen atoms in total. The van der Waals surface area contributed by atoms with E-state index in [2.05, 4.69) is 28.8 Å². The van der Waals surface area contributed by atoms with E-state index in [1.54, 1.807) is 33.9 Å². The van der Waals surface area contributed by atoms with Gasteiger partial charge < -0.3 is 15.5 Å². The lowest BCUT2D eigenvalue weighted by molar-refractivity contribution is -0.144. The van der Waals surface area contributed by atoms with Gasteiger partial charge in [0.05, 0.1) is 21.6 Å². The maximum absolute atomic E-state index is 13.8. The Morgan fingerprint density at radius 1 is 1.23 bits per heavy atom. The van der Waals surface area contributed by atoms with Gasteiger partial charge in [-0.25, -0.2) is 4.98 Å². The van der Waals surface area contributed by atoms with Crippen LogP contribution in [-0.4, -0.2) is 77.3 Å². The fourth-order valence-corrected chi connectivity index (χ4v) is 5.72. The molecule has 39 heavy (non-hydrogen) atoms. The zero-order valence-electron chi connectivity index (χ0n) is 24.2. The van der Waals surface area contributed by atoms with Crippen molar-refractivity contribution in [2.75, 3.05) is 27.2 Å². The highest BCUT2D eigenvalue weighted by atomic mass is 32.1. The second-order valence-corrected chi connectivity index (χ2v) is 12.5. The highest BCUT2D eigenvalue weighted by Gasteiger charge is 2.53. The molecule has 3 amide bonds. The molecule has 212 valence electrons. The van der Waals surface area contributed by atoms with E-state index in [9.17, 15) is 14.4 Å². The zero-order chi connectivity index (χ0) is 29.0. The molecule has 2 atom stereocenters. The number of thiazole rings is 1. The Morgan fingerprint density at radius 2 is 1.92 bits per heavy atom. The number of aromatic nitrogens is 1. The van der Waals surface area contributed by atoms with Crippen LogP contribution in [-0.2, 0) is 14.4 Å². The van der Waals surface area contributed by atoms with Gasteiger partial charge in [0.25, 0.3) is 0 Å². The SMILES string of the molecule is C=C/C(=C\C=C(/C=C)c1scnc1C)CNC(=O)C1CCCN1C(=O)C(NC(=O)C1(N(C)C)CC1)C(C)(C)C. The van der Waals surface area contributed by atoms with Crippen LogP contribution in [0.3, 0.4) is 0 Å². The van der Waals surface area contributed by atoms with Crippen molar-refractivity contribution in [3.8, 4) is 0 Å². The number of amides is 3. The number of nitrogens with one attached hydrogen (secondary N) is 2. The molecule has 2 N–H and O–H groups in total. The van der Waals surface area contributed by atoms with Crippen molar-refractivity contribution in [2.24, 2.45) is 5.41 Å². The number of hydrogen-bond donors (Lipinski definition) is 2. The summed E-state index contributed by atoms with van der Waals surface area (Å²) in [5.74, 6) is -0.533. The van der Waals surface area contributed by atoms with Gasteiger partial charge in [-0.05, 0) is 63.3 Å². The molecular formula is C30H43N5O3S. The van der Waals surface area contributed by atoms with E-state index >= 15 is 0 Å². The molecule has 1 aromatic heterocycles. The number of likely N-dealkylation sites (N-methyl/N-ethyl adjacent to an activating group) is 1. The summed E-state index contributed by atoms with van der Waals surface area (Å²) in [4.78, 5) is 49.1. The van der Waals surface area contributed by atoms with E-state index in [1.165, 1.54) is 0 Å². The lowest BCUT2D eigenvalue weighted by Crippen LogP contribution is -2.60. The molecule has 0 radical (unpaired) electrons. The van der Waals surface area contributed by atoms with Gasteiger partial charge in [0.1, 0.15) is 12.1 Å². The molecule has 0 aromatic carbocycles.